The van der Waals surface area contributed by atoms with E-state index in [1.807, 2.05) is 13.8 Å². The number of nitrogens with one attached hydrogen (secondary N) is 1. The Morgan fingerprint density at radius 1 is 1.50 bits per heavy atom. The monoisotopic (exact) mass is 281 g/mol. The van der Waals surface area contributed by atoms with Crippen molar-refractivity contribution in [3.63, 3.8) is 0 Å². The van der Waals surface area contributed by atoms with E-state index in [-0.39, 0.29) is 34.8 Å². The molecule has 0 saturated heterocycles. The average Bonchev–Trinajstić information content (AvgIpc) is 2.38. The molecule has 0 radical (unpaired) electrons. The number of carbonyl (C=O) groups excluding carboxylic acids is 1. The van der Waals surface area contributed by atoms with Crippen LogP contribution in [0.15, 0.2) is 18.2 Å². The zero-order valence-electron chi connectivity index (χ0n) is 11.8. The fourth-order valence-corrected chi connectivity index (χ4v) is 1.68. The summed E-state index contributed by atoms with van der Waals surface area (Å²) in [5.41, 5.74) is 5.45. The maximum Gasteiger partial charge on any atom is 0.292 e. The van der Waals surface area contributed by atoms with Crippen LogP contribution in [0.4, 0.5) is 11.4 Å². The highest BCUT2D eigenvalue weighted by molar-refractivity contribution is 5.95. The van der Waals surface area contributed by atoms with E-state index in [4.69, 9.17) is 10.5 Å². The predicted octanol–water partition coefficient (Wildman–Crippen LogP) is 1.58. The number of methoxy groups -OCH3 is 1. The molecule has 20 heavy (non-hydrogen) atoms. The van der Waals surface area contributed by atoms with Gasteiger partial charge in [0.15, 0.2) is 0 Å². The Bertz CT molecular complexity index is 502. The lowest BCUT2D eigenvalue weighted by atomic mass is 10.0. The van der Waals surface area contributed by atoms with Gasteiger partial charge >= 0.3 is 0 Å². The van der Waals surface area contributed by atoms with E-state index in [9.17, 15) is 14.9 Å². The van der Waals surface area contributed by atoms with Gasteiger partial charge in [0.1, 0.15) is 5.69 Å². The molecule has 7 nitrogen and oxygen atoms in total. The number of nitro benzene ring substituents is 1. The van der Waals surface area contributed by atoms with Gasteiger partial charge in [0.2, 0.25) is 0 Å². The summed E-state index contributed by atoms with van der Waals surface area (Å²) >= 11 is 0. The topological polar surface area (TPSA) is 107 Å². The molecule has 1 aromatic carbocycles. The molecule has 0 spiro atoms. The molecular formula is C13H19N3O4. The first-order valence-corrected chi connectivity index (χ1v) is 6.20. The summed E-state index contributed by atoms with van der Waals surface area (Å²) < 4.78 is 5.04. The predicted molar refractivity (Wildman–Crippen MR) is 75.5 cm³/mol. The van der Waals surface area contributed by atoms with Crippen LogP contribution in [0.2, 0.25) is 0 Å². The van der Waals surface area contributed by atoms with Crippen LogP contribution in [0, 0.1) is 16.0 Å². The first-order valence-electron chi connectivity index (χ1n) is 6.20. The lowest BCUT2D eigenvalue weighted by Crippen LogP contribution is -2.41. The lowest BCUT2D eigenvalue weighted by molar-refractivity contribution is -0.383. The number of nitrogens with two attached hydrogens (primary N) is 1. The van der Waals surface area contributed by atoms with E-state index in [1.54, 1.807) is 7.11 Å². The first kappa shape index (κ1) is 15.9. The Labute approximate surface area is 117 Å². The van der Waals surface area contributed by atoms with Crippen LogP contribution in [-0.4, -0.2) is 30.6 Å². The van der Waals surface area contributed by atoms with E-state index < -0.39 is 4.92 Å². The maximum atomic E-state index is 12.1. The van der Waals surface area contributed by atoms with Crippen molar-refractivity contribution in [2.45, 2.75) is 19.9 Å². The molecule has 0 aromatic heterocycles. The molecule has 1 aromatic rings. The van der Waals surface area contributed by atoms with Crippen LogP contribution in [-0.2, 0) is 4.74 Å². The van der Waals surface area contributed by atoms with Gasteiger partial charge in [-0.3, -0.25) is 14.9 Å². The average molecular weight is 281 g/mol. The molecule has 1 amide bonds. The van der Waals surface area contributed by atoms with Crippen molar-refractivity contribution in [3.8, 4) is 0 Å². The second kappa shape index (κ2) is 6.85. The molecule has 0 saturated carbocycles. The molecule has 0 bridgehead atoms. The van der Waals surface area contributed by atoms with Crippen LogP contribution in [0.25, 0.3) is 0 Å². The van der Waals surface area contributed by atoms with Gasteiger partial charge in [-0.05, 0) is 18.1 Å². The standard InChI is InChI=1S/C13H19N3O4/c1-8(2)11(7-20-3)15-13(17)9-4-5-10(14)12(6-9)16(18)19/h4-6,8,11H,7,14H2,1-3H3,(H,15,17). The molecular weight excluding hydrogens is 262 g/mol. The number of hydrogen-bond acceptors (Lipinski definition) is 5. The van der Waals surface area contributed by atoms with Gasteiger partial charge in [-0.15, -0.1) is 0 Å². The highest BCUT2D eigenvalue weighted by Gasteiger charge is 2.20. The van der Waals surface area contributed by atoms with Gasteiger partial charge in [-0.25, -0.2) is 0 Å². The first-order chi connectivity index (χ1) is 9.36. The van der Waals surface area contributed by atoms with Crippen molar-refractivity contribution in [1.82, 2.24) is 5.32 Å². The summed E-state index contributed by atoms with van der Waals surface area (Å²) in [6, 6.07) is 3.83. The summed E-state index contributed by atoms with van der Waals surface area (Å²) in [6.45, 7) is 4.28. The zero-order valence-corrected chi connectivity index (χ0v) is 11.8. The fourth-order valence-electron chi connectivity index (χ4n) is 1.68. The zero-order chi connectivity index (χ0) is 15.3. The van der Waals surface area contributed by atoms with E-state index in [2.05, 4.69) is 5.32 Å². The normalized spacial score (nSPS) is 12.2. The minimum Gasteiger partial charge on any atom is -0.393 e. The lowest BCUT2D eigenvalue weighted by Gasteiger charge is -2.21. The highest BCUT2D eigenvalue weighted by atomic mass is 16.6. The second-order valence-corrected chi connectivity index (χ2v) is 4.81. The number of benzene rings is 1. The van der Waals surface area contributed by atoms with Crippen molar-refractivity contribution in [3.05, 3.63) is 33.9 Å². The van der Waals surface area contributed by atoms with Gasteiger partial charge in [0.05, 0.1) is 17.6 Å². The van der Waals surface area contributed by atoms with Crippen molar-refractivity contribution < 1.29 is 14.5 Å². The number of ether oxygens (including phenoxy) is 1. The van der Waals surface area contributed by atoms with E-state index in [0.29, 0.717) is 6.61 Å². The number of nitrogens with zero attached hydrogens (tertiary/aromatic N) is 1. The number of rotatable bonds is 6. The fraction of sp³-hybridized carbons (Fsp3) is 0.462. The second-order valence-electron chi connectivity index (χ2n) is 4.81. The molecule has 1 atom stereocenters. The maximum absolute atomic E-state index is 12.1. The highest BCUT2D eigenvalue weighted by Crippen LogP contribution is 2.22. The van der Waals surface area contributed by atoms with Gasteiger partial charge < -0.3 is 15.8 Å². The molecule has 3 N–H and O–H groups in total. The summed E-state index contributed by atoms with van der Waals surface area (Å²) in [5, 5.41) is 13.6. The third-order valence-corrected chi connectivity index (χ3v) is 2.96. The SMILES string of the molecule is COCC(NC(=O)c1ccc(N)c([N+](=O)[O-])c1)C(C)C. The minimum atomic E-state index is -0.610. The van der Waals surface area contributed by atoms with Crippen molar-refractivity contribution >= 4 is 17.3 Å². The number of carbonyl (C=O) groups is 1. The van der Waals surface area contributed by atoms with Crippen molar-refractivity contribution in [2.75, 3.05) is 19.5 Å². The number of anilines is 1. The van der Waals surface area contributed by atoms with E-state index in [0.717, 1.165) is 0 Å². The molecule has 0 aliphatic rings. The smallest absolute Gasteiger partial charge is 0.292 e. The van der Waals surface area contributed by atoms with Gasteiger partial charge in [-0.1, -0.05) is 13.8 Å². The molecule has 0 fully saturated rings. The van der Waals surface area contributed by atoms with E-state index >= 15 is 0 Å². The molecule has 0 aliphatic carbocycles. The molecule has 0 aliphatic heterocycles. The van der Waals surface area contributed by atoms with Crippen LogP contribution < -0.4 is 11.1 Å². The summed E-state index contributed by atoms with van der Waals surface area (Å²) in [7, 11) is 1.55. The van der Waals surface area contributed by atoms with Crippen molar-refractivity contribution in [2.24, 2.45) is 5.92 Å². The largest absolute Gasteiger partial charge is 0.393 e. The van der Waals surface area contributed by atoms with E-state index in [1.165, 1.54) is 18.2 Å². The van der Waals surface area contributed by atoms with Crippen LogP contribution in [0.5, 0.6) is 0 Å². The Kier molecular flexibility index (Phi) is 5.45. The number of nitro groups is 1. The van der Waals surface area contributed by atoms with Crippen LogP contribution >= 0.6 is 0 Å². The Morgan fingerprint density at radius 3 is 2.65 bits per heavy atom. The van der Waals surface area contributed by atoms with Crippen LogP contribution in [0.1, 0.15) is 24.2 Å². The number of amides is 1. The Hall–Kier alpha value is -2.15. The summed E-state index contributed by atoms with van der Waals surface area (Å²) in [5.74, 6) is -0.202. The Balaban J connectivity index is 2.92. The molecule has 1 rings (SSSR count). The third kappa shape index (κ3) is 3.92. The van der Waals surface area contributed by atoms with Crippen LogP contribution in [0.3, 0.4) is 0 Å². The van der Waals surface area contributed by atoms with Gasteiger partial charge in [-0.2, -0.15) is 0 Å². The number of hydrogen-bond donors (Lipinski definition) is 2. The summed E-state index contributed by atoms with van der Waals surface area (Å²) in [4.78, 5) is 22.3. The molecule has 7 heteroatoms. The van der Waals surface area contributed by atoms with Crippen molar-refractivity contribution in [1.29, 1.82) is 0 Å². The molecule has 0 heterocycles. The molecule has 110 valence electrons. The number of nitrogen functional groups attached to an aromatic ring is 1. The van der Waals surface area contributed by atoms with Gasteiger partial charge in [0, 0.05) is 18.7 Å². The van der Waals surface area contributed by atoms with Gasteiger partial charge in [0.25, 0.3) is 11.6 Å². The Morgan fingerprint density at radius 2 is 2.15 bits per heavy atom. The molecule has 1 unspecified atom stereocenters. The quantitative estimate of drug-likeness (QED) is 0.467. The third-order valence-electron chi connectivity index (χ3n) is 2.96. The summed E-state index contributed by atoms with van der Waals surface area (Å²) in [6.07, 6.45) is 0. The minimum absolute atomic E-state index is 0.0313.